The van der Waals surface area contributed by atoms with Crippen LogP contribution in [0.5, 0.6) is 17.2 Å². The Morgan fingerprint density at radius 2 is 1.85 bits per heavy atom. The molecule has 0 bridgehead atoms. The summed E-state index contributed by atoms with van der Waals surface area (Å²) in [6.45, 7) is 5.30. The Hall–Kier alpha value is -2.62. The average molecular weight is 374 g/mol. The van der Waals surface area contributed by atoms with Gasteiger partial charge in [-0.05, 0) is 18.9 Å². The van der Waals surface area contributed by atoms with Crippen molar-refractivity contribution in [3.05, 3.63) is 29.7 Å². The second kappa shape index (κ2) is 6.94. The Labute approximate surface area is 148 Å². The first-order valence-electron chi connectivity index (χ1n) is 7.70. The van der Waals surface area contributed by atoms with Crippen LogP contribution in [0.25, 0.3) is 0 Å². The number of methoxy groups -OCH3 is 1. The third-order valence-electron chi connectivity index (χ3n) is 3.46. The van der Waals surface area contributed by atoms with Gasteiger partial charge in [0.25, 0.3) is 0 Å². The van der Waals surface area contributed by atoms with E-state index in [9.17, 15) is 13.2 Å². The molecule has 1 heterocycles. The number of nitrogens with two attached hydrogens (primary N) is 2. The summed E-state index contributed by atoms with van der Waals surface area (Å²) in [6, 6.07) is 2.53. The second-order valence-corrected chi connectivity index (χ2v) is 6.14. The van der Waals surface area contributed by atoms with Crippen LogP contribution in [-0.4, -0.2) is 25.1 Å². The van der Waals surface area contributed by atoms with E-state index >= 15 is 0 Å². The van der Waals surface area contributed by atoms with Gasteiger partial charge in [0, 0.05) is 17.8 Å². The minimum atomic E-state index is -4.88. The molecule has 1 atom stereocenters. The van der Waals surface area contributed by atoms with E-state index in [0.717, 1.165) is 6.07 Å². The summed E-state index contributed by atoms with van der Waals surface area (Å²) >= 11 is 0. The van der Waals surface area contributed by atoms with Crippen molar-refractivity contribution in [2.45, 2.75) is 38.8 Å². The van der Waals surface area contributed by atoms with Crippen LogP contribution in [0.3, 0.4) is 0 Å². The normalized spacial score (nSPS) is 20.2. The van der Waals surface area contributed by atoms with Crippen LogP contribution in [0.4, 0.5) is 13.2 Å². The van der Waals surface area contributed by atoms with Gasteiger partial charge in [-0.3, -0.25) is 5.73 Å². The summed E-state index contributed by atoms with van der Waals surface area (Å²) in [6.07, 6.45) is -3.47. The SMILES string of the molecule is COc1cc(C(C)C)c(OC2=CNC(C)(N)N=C2N)cc1OC(F)(F)F. The van der Waals surface area contributed by atoms with Crippen molar-refractivity contribution < 1.29 is 27.4 Å². The molecule has 0 radical (unpaired) electrons. The van der Waals surface area contributed by atoms with Gasteiger partial charge in [0.05, 0.1) is 7.11 Å². The minimum absolute atomic E-state index is 0.0116. The minimum Gasteiger partial charge on any atom is -0.493 e. The van der Waals surface area contributed by atoms with Gasteiger partial charge in [0.15, 0.2) is 28.9 Å². The molecule has 1 aromatic carbocycles. The summed E-state index contributed by atoms with van der Waals surface area (Å²) in [5.41, 5.74) is 12.2. The third kappa shape index (κ3) is 4.72. The molecule has 0 fully saturated rings. The van der Waals surface area contributed by atoms with Crippen molar-refractivity contribution in [1.29, 1.82) is 0 Å². The first-order valence-corrected chi connectivity index (χ1v) is 7.70. The first-order chi connectivity index (χ1) is 11.9. The lowest BCUT2D eigenvalue weighted by molar-refractivity contribution is -0.275. The lowest BCUT2D eigenvalue weighted by Crippen LogP contribution is -2.51. The molecule has 5 N–H and O–H groups in total. The van der Waals surface area contributed by atoms with Crippen molar-refractivity contribution >= 4 is 5.84 Å². The molecule has 1 aliphatic rings. The van der Waals surface area contributed by atoms with Crippen LogP contribution in [0.1, 0.15) is 32.3 Å². The Bertz CT molecular complexity index is 743. The van der Waals surface area contributed by atoms with Gasteiger partial charge < -0.3 is 25.3 Å². The molecule has 0 aromatic heterocycles. The first kappa shape index (κ1) is 19.7. The van der Waals surface area contributed by atoms with Crippen molar-refractivity contribution in [2.75, 3.05) is 7.11 Å². The number of halogens is 3. The number of nitrogens with one attached hydrogen (secondary N) is 1. The largest absolute Gasteiger partial charge is 0.573 e. The highest BCUT2D eigenvalue weighted by Crippen LogP contribution is 2.41. The van der Waals surface area contributed by atoms with E-state index in [4.69, 9.17) is 20.9 Å². The van der Waals surface area contributed by atoms with E-state index in [-0.39, 0.29) is 29.0 Å². The molecule has 0 saturated heterocycles. The van der Waals surface area contributed by atoms with Gasteiger partial charge in [0.2, 0.25) is 0 Å². The Kier molecular flexibility index (Phi) is 5.26. The topological polar surface area (TPSA) is 104 Å². The van der Waals surface area contributed by atoms with Crippen molar-refractivity contribution in [2.24, 2.45) is 16.5 Å². The maximum absolute atomic E-state index is 12.7. The molecule has 0 aliphatic carbocycles. The predicted octanol–water partition coefficient (Wildman–Crippen LogP) is 2.53. The van der Waals surface area contributed by atoms with Gasteiger partial charge in [-0.25, -0.2) is 4.99 Å². The Morgan fingerprint density at radius 3 is 2.35 bits per heavy atom. The molecule has 144 valence electrons. The lowest BCUT2D eigenvalue weighted by Gasteiger charge is -2.27. The van der Waals surface area contributed by atoms with Gasteiger partial charge in [-0.1, -0.05) is 13.8 Å². The summed E-state index contributed by atoms with van der Waals surface area (Å²) in [4.78, 5) is 4.01. The number of ether oxygens (including phenoxy) is 3. The monoisotopic (exact) mass is 374 g/mol. The Morgan fingerprint density at radius 1 is 1.19 bits per heavy atom. The molecule has 2 rings (SSSR count). The van der Waals surface area contributed by atoms with Gasteiger partial charge in [-0.2, -0.15) is 0 Å². The molecular weight excluding hydrogens is 353 g/mol. The van der Waals surface area contributed by atoms with E-state index in [1.807, 2.05) is 13.8 Å². The summed E-state index contributed by atoms with van der Waals surface area (Å²) in [5.74, 6) is -1.49. The van der Waals surface area contributed by atoms with Crippen molar-refractivity contribution in [3.63, 3.8) is 0 Å². The van der Waals surface area contributed by atoms with Crippen LogP contribution in [0, 0.1) is 0 Å². The zero-order valence-corrected chi connectivity index (χ0v) is 14.8. The number of hydrogen-bond acceptors (Lipinski definition) is 7. The van der Waals surface area contributed by atoms with E-state index < -0.39 is 17.9 Å². The van der Waals surface area contributed by atoms with E-state index in [2.05, 4.69) is 15.0 Å². The van der Waals surface area contributed by atoms with E-state index in [1.54, 1.807) is 6.92 Å². The Balaban J connectivity index is 2.45. The van der Waals surface area contributed by atoms with Gasteiger partial charge in [-0.15, -0.1) is 13.2 Å². The van der Waals surface area contributed by atoms with Gasteiger partial charge in [0.1, 0.15) is 5.75 Å². The fourth-order valence-electron chi connectivity index (χ4n) is 2.28. The molecule has 1 aromatic rings. The van der Waals surface area contributed by atoms with Crippen LogP contribution in [0.15, 0.2) is 29.1 Å². The summed E-state index contributed by atoms with van der Waals surface area (Å²) in [7, 11) is 1.25. The molecule has 7 nitrogen and oxygen atoms in total. The molecule has 1 aliphatic heterocycles. The van der Waals surface area contributed by atoms with E-state index in [0.29, 0.717) is 5.56 Å². The molecular formula is C16H21F3N4O3. The number of amidine groups is 1. The highest BCUT2D eigenvalue weighted by Gasteiger charge is 2.33. The number of rotatable bonds is 5. The van der Waals surface area contributed by atoms with Crippen LogP contribution in [0.2, 0.25) is 0 Å². The zero-order chi connectivity index (χ0) is 19.7. The molecule has 0 saturated carbocycles. The average Bonchev–Trinajstić information content (AvgIpc) is 2.48. The fourth-order valence-corrected chi connectivity index (χ4v) is 2.28. The van der Waals surface area contributed by atoms with E-state index in [1.165, 1.54) is 19.4 Å². The van der Waals surface area contributed by atoms with Crippen LogP contribution >= 0.6 is 0 Å². The van der Waals surface area contributed by atoms with Crippen LogP contribution < -0.4 is 31.0 Å². The molecule has 26 heavy (non-hydrogen) atoms. The second-order valence-electron chi connectivity index (χ2n) is 6.14. The fraction of sp³-hybridized carbons (Fsp3) is 0.438. The predicted molar refractivity (Wildman–Crippen MR) is 89.8 cm³/mol. The quantitative estimate of drug-likeness (QED) is 0.732. The third-order valence-corrected chi connectivity index (χ3v) is 3.46. The number of alkyl halides is 3. The number of hydrogen-bond donors (Lipinski definition) is 3. The molecule has 0 spiro atoms. The molecule has 1 unspecified atom stereocenters. The summed E-state index contributed by atoms with van der Waals surface area (Å²) in [5, 5.41) is 2.77. The van der Waals surface area contributed by atoms with Crippen molar-refractivity contribution in [3.8, 4) is 17.2 Å². The molecule has 0 amide bonds. The van der Waals surface area contributed by atoms with Gasteiger partial charge >= 0.3 is 6.36 Å². The highest BCUT2D eigenvalue weighted by molar-refractivity contribution is 5.96. The van der Waals surface area contributed by atoms with Crippen LogP contribution in [-0.2, 0) is 0 Å². The highest BCUT2D eigenvalue weighted by atomic mass is 19.4. The smallest absolute Gasteiger partial charge is 0.493 e. The number of nitrogens with zero attached hydrogens (tertiary/aromatic N) is 1. The zero-order valence-electron chi connectivity index (χ0n) is 14.8. The summed E-state index contributed by atoms with van der Waals surface area (Å²) < 4.78 is 52.7. The lowest BCUT2D eigenvalue weighted by atomic mass is 10.0. The number of aliphatic imine (C=N–C) groups is 1. The standard InChI is InChI=1S/C16H21F3N4O3/c1-8(2)9-5-11(24-4)12(26-16(17,18)19)6-10(9)25-13-7-22-15(3,21)23-14(13)20/h5-8,22H,21H2,1-4H3,(H2,20,23). The maximum atomic E-state index is 12.7. The maximum Gasteiger partial charge on any atom is 0.573 e. The molecule has 10 heteroatoms. The number of benzene rings is 1. The van der Waals surface area contributed by atoms with Crippen molar-refractivity contribution in [1.82, 2.24) is 5.32 Å².